The van der Waals surface area contributed by atoms with Crippen LogP contribution < -0.4 is 5.32 Å². The van der Waals surface area contributed by atoms with E-state index in [0.29, 0.717) is 16.6 Å². The number of nitrogens with one attached hydrogen (secondary N) is 1. The second kappa shape index (κ2) is 6.31. The van der Waals surface area contributed by atoms with Crippen LogP contribution in [0.5, 0.6) is 0 Å². The van der Waals surface area contributed by atoms with Crippen molar-refractivity contribution in [3.63, 3.8) is 0 Å². The van der Waals surface area contributed by atoms with Crippen LogP contribution in [0.25, 0.3) is 0 Å². The Hall–Kier alpha value is -0.670. The van der Waals surface area contributed by atoms with Gasteiger partial charge in [-0.15, -0.1) is 0 Å². The Balaban J connectivity index is 1.72. The molecule has 2 nitrogen and oxygen atoms in total. The maximum atomic E-state index is 5.59. The predicted molar refractivity (Wildman–Crippen MR) is 75.8 cm³/mol. The van der Waals surface area contributed by atoms with Gasteiger partial charge in [-0.3, -0.25) is 0 Å². The molecule has 0 radical (unpaired) electrons. The van der Waals surface area contributed by atoms with Crippen LogP contribution in [0, 0.1) is 0 Å². The quantitative estimate of drug-likeness (QED) is 0.866. The Morgan fingerprint density at radius 2 is 2.18 bits per heavy atom. The van der Waals surface area contributed by atoms with Crippen LogP contribution in [0.2, 0.25) is 0 Å². The molecule has 1 aliphatic heterocycles. The largest absolute Gasteiger partial charge is 0.384 e. The third-order valence-corrected chi connectivity index (χ3v) is 4.68. The average molecular weight is 251 g/mol. The molecule has 0 aliphatic carbocycles. The van der Waals surface area contributed by atoms with Crippen molar-refractivity contribution in [2.75, 3.05) is 18.5 Å². The molecule has 0 amide bonds. The molecule has 3 heteroatoms. The fourth-order valence-electron chi connectivity index (χ4n) is 2.05. The number of para-hydroxylation sites is 1. The first-order valence-electron chi connectivity index (χ1n) is 6.31. The highest BCUT2D eigenvalue weighted by molar-refractivity contribution is 8.00. The van der Waals surface area contributed by atoms with E-state index in [-0.39, 0.29) is 0 Å². The Morgan fingerprint density at radius 3 is 2.82 bits per heavy atom. The summed E-state index contributed by atoms with van der Waals surface area (Å²) in [5.41, 5.74) is 1.20. The van der Waals surface area contributed by atoms with Gasteiger partial charge in [0.2, 0.25) is 0 Å². The molecule has 2 rings (SSSR count). The topological polar surface area (TPSA) is 21.3 Å². The predicted octanol–water partition coefficient (Wildman–Crippen LogP) is 3.40. The van der Waals surface area contributed by atoms with Crippen molar-refractivity contribution >= 4 is 17.4 Å². The summed E-state index contributed by atoms with van der Waals surface area (Å²) in [6.45, 7) is 6.41. The van der Waals surface area contributed by atoms with Crippen LogP contribution in [0.4, 0.5) is 5.69 Å². The summed E-state index contributed by atoms with van der Waals surface area (Å²) in [6, 6.07) is 10.4. The molecule has 1 N–H and O–H groups in total. The molecule has 3 unspecified atom stereocenters. The number of rotatable bonds is 5. The SMILES string of the molecule is CC(CNc1ccccc1)SC1CCOC1C. The highest BCUT2D eigenvalue weighted by Gasteiger charge is 2.26. The fraction of sp³-hybridized carbons (Fsp3) is 0.571. The number of hydrogen-bond acceptors (Lipinski definition) is 3. The monoisotopic (exact) mass is 251 g/mol. The van der Waals surface area contributed by atoms with E-state index >= 15 is 0 Å². The van der Waals surface area contributed by atoms with E-state index in [0.717, 1.165) is 13.2 Å². The van der Waals surface area contributed by atoms with Gasteiger partial charge in [-0.2, -0.15) is 11.8 Å². The average Bonchev–Trinajstić information content (AvgIpc) is 2.74. The molecular formula is C14H21NOS. The van der Waals surface area contributed by atoms with Gasteiger partial charge < -0.3 is 10.1 Å². The zero-order valence-electron chi connectivity index (χ0n) is 10.6. The summed E-state index contributed by atoms with van der Waals surface area (Å²) in [7, 11) is 0. The second-order valence-electron chi connectivity index (χ2n) is 4.60. The summed E-state index contributed by atoms with van der Waals surface area (Å²) in [5, 5.41) is 4.76. The maximum Gasteiger partial charge on any atom is 0.0666 e. The zero-order valence-corrected chi connectivity index (χ0v) is 11.4. The van der Waals surface area contributed by atoms with E-state index in [1.165, 1.54) is 12.1 Å². The fourth-order valence-corrected chi connectivity index (χ4v) is 3.36. The number of hydrogen-bond donors (Lipinski definition) is 1. The van der Waals surface area contributed by atoms with Crippen LogP contribution in [-0.2, 0) is 4.74 Å². The summed E-state index contributed by atoms with van der Waals surface area (Å²) in [4.78, 5) is 0. The molecular weight excluding hydrogens is 230 g/mol. The number of anilines is 1. The highest BCUT2D eigenvalue weighted by atomic mass is 32.2. The minimum Gasteiger partial charge on any atom is -0.384 e. The molecule has 94 valence electrons. The first kappa shape index (κ1) is 12.8. The van der Waals surface area contributed by atoms with Crippen LogP contribution in [0.15, 0.2) is 30.3 Å². The zero-order chi connectivity index (χ0) is 12.1. The Kier molecular flexibility index (Phi) is 4.75. The second-order valence-corrected chi connectivity index (χ2v) is 6.28. The Morgan fingerprint density at radius 1 is 1.41 bits per heavy atom. The Labute approximate surface area is 108 Å². The molecule has 1 aromatic carbocycles. The van der Waals surface area contributed by atoms with Crippen LogP contribution in [0.1, 0.15) is 20.3 Å². The normalized spacial score (nSPS) is 25.8. The molecule has 0 saturated carbocycles. The standard InChI is InChI=1S/C14H21NOS/c1-11(17-14-8-9-16-12(14)2)10-15-13-6-4-3-5-7-13/h3-7,11-12,14-15H,8-10H2,1-2H3. The summed E-state index contributed by atoms with van der Waals surface area (Å²) in [5.74, 6) is 0. The Bertz CT molecular complexity index is 330. The van der Waals surface area contributed by atoms with Crippen molar-refractivity contribution in [2.24, 2.45) is 0 Å². The van der Waals surface area contributed by atoms with Crippen molar-refractivity contribution < 1.29 is 4.74 Å². The summed E-state index contributed by atoms with van der Waals surface area (Å²) >= 11 is 2.05. The van der Waals surface area contributed by atoms with Gasteiger partial charge in [0.05, 0.1) is 6.10 Å². The summed E-state index contributed by atoms with van der Waals surface area (Å²) < 4.78 is 5.59. The minimum atomic E-state index is 0.416. The lowest BCUT2D eigenvalue weighted by molar-refractivity contribution is 0.127. The molecule has 0 bridgehead atoms. The maximum absolute atomic E-state index is 5.59. The first-order chi connectivity index (χ1) is 8.25. The van der Waals surface area contributed by atoms with E-state index in [2.05, 4.69) is 43.4 Å². The van der Waals surface area contributed by atoms with Gasteiger partial charge in [0, 0.05) is 29.3 Å². The summed E-state index contributed by atoms with van der Waals surface area (Å²) in [6.07, 6.45) is 1.61. The van der Waals surface area contributed by atoms with Crippen molar-refractivity contribution in [3.05, 3.63) is 30.3 Å². The van der Waals surface area contributed by atoms with E-state index < -0.39 is 0 Å². The molecule has 1 heterocycles. The number of thioether (sulfide) groups is 1. The van der Waals surface area contributed by atoms with Crippen LogP contribution >= 0.6 is 11.8 Å². The third-order valence-electron chi connectivity index (χ3n) is 3.08. The van der Waals surface area contributed by atoms with Gasteiger partial charge >= 0.3 is 0 Å². The van der Waals surface area contributed by atoms with Gasteiger partial charge in [-0.25, -0.2) is 0 Å². The van der Waals surface area contributed by atoms with Crippen LogP contribution in [-0.4, -0.2) is 29.8 Å². The third kappa shape index (κ3) is 3.93. The lowest BCUT2D eigenvalue weighted by atomic mass is 10.3. The smallest absolute Gasteiger partial charge is 0.0666 e. The molecule has 1 aromatic rings. The molecule has 3 atom stereocenters. The van der Waals surface area contributed by atoms with Crippen molar-refractivity contribution in [1.29, 1.82) is 0 Å². The molecule has 0 spiro atoms. The van der Waals surface area contributed by atoms with Gasteiger partial charge in [-0.05, 0) is 25.5 Å². The van der Waals surface area contributed by atoms with E-state index in [9.17, 15) is 0 Å². The number of ether oxygens (including phenoxy) is 1. The molecule has 0 aromatic heterocycles. The van der Waals surface area contributed by atoms with Crippen molar-refractivity contribution in [2.45, 2.75) is 36.9 Å². The molecule has 1 fully saturated rings. The minimum absolute atomic E-state index is 0.416. The van der Waals surface area contributed by atoms with Gasteiger partial charge in [-0.1, -0.05) is 25.1 Å². The molecule has 1 aliphatic rings. The molecule has 17 heavy (non-hydrogen) atoms. The van der Waals surface area contributed by atoms with Crippen molar-refractivity contribution in [1.82, 2.24) is 0 Å². The lowest BCUT2D eigenvalue weighted by Gasteiger charge is -2.19. The van der Waals surface area contributed by atoms with Gasteiger partial charge in [0.25, 0.3) is 0 Å². The van der Waals surface area contributed by atoms with Crippen molar-refractivity contribution in [3.8, 4) is 0 Å². The van der Waals surface area contributed by atoms with Gasteiger partial charge in [0.15, 0.2) is 0 Å². The molecule has 1 saturated heterocycles. The highest BCUT2D eigenvalue weighted by Crippen LogP contribution is 2.29. The van der Waals surface area contributed by atoms with E-state index in [1.807, 2.05) is 17.8 Å². The van der Waals surface area contributed by atoms with E-state index in [4.69, 9.17) is 4.74 Å². The number of benzene rings is 1. The van der Waals surface area contributed by atoms with Gasteiger partial charge in [0.1, 0.15) is 0 Å². The first-order valence-corrected chi connectivity index (χ1v) is 7.26. The van der Waals surface area contributed by atoms with E-state index in [1.54, 1.807) is 0 Å². The van der Waals surface area contributed by atoms with Crippen LogP contribution in [0.3, 0.4) is 0 Å². The lowest BCUT2D eigenvalue weighted by Crippen LogP contribution is -2.21.